The highest BCUT2D eigenvalue weighted by Crippen LogP contribution is 2.33. The number of carboxylic acids is 1. The quantitative estimate of drug-likeness (QED) is 0.661. The van der Waals surface area contributed by atoms with Crippen LogP contribution in [-0.2, 0) is 9.59 Å². The summed E-state index contributed by atoms with van der Waals surface area (Å²) >= 11 is 1.30. The van der Waals surface area contributed by atoms with Gasteiger partial charge in [-0.15, -0.1) is 11.8 Å². The molecule has 0 aromatic heterocycles. The monoisotopic (exact) mass is 323 g/mol. The number of carbonyl (C=O) groups excluding carboxylic acids is 1. The van der Waals surface area contributed by atoms with Crippen LogP contribution in [0.3, 0.4) is 0 Å². The van der Waals surface area contributed by atoms with Crippen molar-refractivity contribution >= 4 is 29.3 Å². The number of benzene rings is 1. The van der Waals surface area contributed by atoms with Gasteiger partial charge in [-0.1, -0.05) is 39.3 Å². The van der Waals surface area contributed by atoms with E-state index in [0.29, 0.717) is 12.1 Å². The molecule has 1 amide bonds. The van der Waals surface area contributed by atoms with Crippen molar-refractivity contribution in [1.29, 1.82) is 0 Å². The van der Waals surface area contributed by atoms with Crippen LogP contribution in [0, 0.1) is 5.92 Å². The number of hydrogen-bond donors (Lipinski definition) is 2. The van der Waals surface area contributed by atoms with Gasteiger partial charge in [0.15, 0.2) is 0 Å². The zero-order valence-electron chi connectivity index (χ0n) is 13.5. The Morgan fingerprint density at radius 1 is 1.18 bits per heavy atom. The lowest BCUT2D eigenvalue weighted by Gasteiger charge is -2.17. The molecule has 1 aromatic carbocycles. The molecule has 1 aromatic rings. The van der Waals surface area contributed by atoms with Crippen molar-refractivity contribution < 1.29 is 14.7 Å². The molecule has 0 spiro atoms. The number of carbonyl (C=O) groups is 2. The van der Waals surface area contributed by atoms with Crippen molar-refractivity contribution in [3.8, 4) is 0 Å². The molecule has 0 aliphatic heterocycles. The lowest BCUT2D eigenvalue weighted by molar-refractivity contribution is -0.136. The Morgan fingerprint density at radius 3 is 2.36 bits per heavy atom. The van der Waals surface area contributed by atoms with E-state index in [1.165, 1.54) is 11.8 Å². The van der Waals surface area contributed by atoms with Gasteiger partial charge in [0.25, 0.3) is 0 Å². The van der Waals surface area contributed by atoms with Gasteiger partial charge in [-0.25, -0.2) is 0 Å². The van der Waals surface area contributed by atoms with Gasteiger partial charge in [0.1, 0.15) is 5.25 Å². The summed E-state index contributed by atoms with van der Waals surface area (Å²) in [6, 6.07) is 7.40. The molecule has 0 aliphatic rings. The fraction of sp³-hybridized carbons (Fsp3) is 0.529. The van der Waals surface area contributed by atoms with E-state index in [4.69, 9.17) is 0 Å². The Balaban J connectivity index is 2.89. The van der Waals surface area contributed by atoms with Crippen molar-refractivity contribution in [2.45, 2.75) is 56.6 Å². The van der Waals surface area contributed by atoms with E-state index in [2.05, 4.69) is 5.32 Å². The van der Waals surface area contributed by atoms with Crippen molar-refractivity contribution in [3.05, 3.63) is 24.3 Å². The van der Waals surface area contributed by atoms with E-state index in [1.807, 2.05) is 45.0 Å². The van der Waals surface area contributed by atoms with Gasteiger partial charge in [-0.3, -0.25) is 9.59 Å². The van der Waals surface area contributed by atoms with Gasteiger partial charge in [-0.05, 0) is 31.4 Å². The predicted molar refractivity (Wildman–Crippen MR) is 91.3 cm³/mol. The van der Waals surface area contributed by atoms with Crippen LogP contribution in [0.15, 0.2) is 29.2 Å². The number of anilines is 1. The minimum Gasteiger partial charge on any atom is -0.480 e. The summed E-state index contributed by atoms with van der Waals surface area (Å²) in [7, 11) is 0. The third-order valence-electron chi connectivity index (χ3n) is 3.60. The molecule has 4 nitrogen and oxygen atoms in total. The molecule has 0 saturated carbocycles. The van der Waals surface area contributed by atoms with E-state index in [-0.39, 0.29) is 11.8 Å². The summed E-state index contributed by atoms with van der Waals surface area (Å²) in [6.07, 6.45) is 3.01. The van der Waals surface area contributed by atoms with Crippen LogP contribution < -0.4 is 5.32 Å². The molecule has 1 rings (SSSR count). The molecule has 0 heterocycles. The fourth-order valence-corrected chi connectivity index (χ4v) is 3.38. The van der Waals surface area contributed by atoms with E-state index >= 15 is 0 Å². The number of rotatable bonds is 9. The van der Waals surface area contributed by atoms with Crippen molar-refractivity contribution in [2.24, 2.45) is 5.92 Å². The number of thioether (sulfide) groups is 1. The van der Waals surface area contributed by atoms with E-state index in [1.54, 1.807) is 0 Å². The number of amides is 1. The number of carboxylic acid groups (broad SMARTS) is 1. The molecule has 1 atom stereocenters. The molecule has 0 saturated heterocycles. The second kappa shape index (κ2) is 9.51. The van der Waals surface area contributed by atoms with E-state index in [9.17, 15) is 14.7 Å². The zero-order chi connectivity index (χ0) is 16.5. The molecule has 22 heavy (non-hydrogen) atoms. The van der Waals surface area contributed by atoms with Gasteiger partial charge in [0.05, 0.1) is 5.69 Å². The van der Waals surface area contributed by atoms with Crippen LogP contribution in [0.5, 0.6) is 0 Å². The smallest absolute Gasteiger partial charge is 0.316 e. The van der Waals surface area contributed by atoms with E-state index in [0.717, 1.165) is 24.2 Å². The second-order valence-electron chi connectivity index (χ2n) is 5.23. The molecule has 2 N–H and O–H groups in total. The first-order valence-electron chi connectivity index (χ1n) is 7.82. The van der Waals surface area contributed by atoms with Gasteiger partial charge in [0.2, 0.25) is 5.91 Å². The van der Waals surface area contributed by atoms with Crippen molar-refractivity contribution in [2.75, 3.05) is 5.32 Å². The summed E-state index contributed by atoms with van der Waals surface area (Å²) in [5.41, 5.74) is 0.701. The van der Waals surface area contributed by atoms with Crippen LogP contribution in [0.4, 0.5) is 5.69 Å². The normalized spacial score (nSPS) is 12.2. The molecule has 0 unspecified atom stereocenters. The van der Waals surface area contributed by atoms with Crippen LogP contribution in [-0.4, -0.2) is 22.2 Å². The number of nitrogens with one attached hydrogen (secondary N) is 1. The SMILES string of the molecule is CCC[C@@H](Sc1ccccc1NC(=O)C(CC)CC)C(=O)O. The number of hydrogen-bond acceptors (Lipinski definition) is 3. The highest BCUT2D eigenvalue weighted by atomic mass is 32.2. The zero-order valence-corrected chi connectivity index (χ0v) is 14.3. The molecule has 0 radical (unpaired) electrons. The summed E-state index contributed by atoms with van der Waals surface area (Å²) in [4.78, 5) is 24.4. The lowest BCUT2D eigenvalue weighted by Crippen LogP contribution is -2.22. The Morgan fingerprint density at radius 2 is 1.82 bits per heavy atom. The van der Waals surface area contributed by atoms with Crippen LogP contribution in [0.2, 0.25) is 0 Å². The predicted octanol–water partition coefficient (Wildman–Crippen LogP) is 4.41. The van der Waals surface area contributed by atoms with Gasteiger partial charge >= 0.3 is 5.97 Å². The highest BCUT2D eigenvalue weighted by molar-refractivity contribution is 8.00. The third-order valence-corrected chi connectivity index (χ3v) is 4.93. The molecule has 0 bridgehead atoms. The van der Waals surface area contributed by atoms with Crippen LogP contribution in [0.1, 0.15) is 46.5 Å². The maximum absolute atomic E-state index is 12.2. The third kappa shape index (κ3) is 5.37. The molecule has 0 aliphatic carbocycles. The average molecular weight is 323 g/mol. The average Bonchev–Trinajstić information content (AvgIpc) is 2.49. The summed E-state index contributed by atoms with van der Waals surface area (Å²) < 4.78 is 0. The van der Waals surface area contributed by atoms with Crippen molar-refractivity contribution in [1.82, 2.24) is 0 Å². The number of aliphatic carboxylic acids is 1. The van der Waals surface area contributed by atoms with Gasteiger partial charge in [0, 0.05) is 10.8 Å². The summed E-state index contributed by atoms with van der Waals surface area (Å²) in [6.45, 7) is 5.96. The van der Waals surface area contributed by atoms with E-state index < -0.39 is 11.2 Å². The Hall–Kier alpha value is -1.49. The molecule has 0 fully saturated rings. The largest absolute Gasteiger partial charge is 0.480 e. The van der Waals surface area contributed by atoms with Crippen LogP contribution in [0.25, 0.3) is 0 Å². The summed E-state index contributed by atoms with van der Waals surface area (Å²) in [5.74, 6) is -0.822. The molecular formula is C17H25NO3S. The topological polar surface area (TPSA) is 66.4 Å². The first kappa shape index (κ1) is 18.6. The second-order valence-corrected chi connectivity index (χ2v) is 6.48. The maximum atomic E-state index is 12.2. The molecule has 5 heteroatoms. The van der Waals surface area contributed by atoms with Crippen molar-refractivity contribution in [3.63, 3.8) is 0 Å². The maximum Gasteiger partial charge on any atom is 0.316 e. The fourth-order valence-electron chi connectivity index (χ4n) is 2.22. The first-order chi connectivity index (χ1) is 10.5. The molecular weight excluding hydrogens is 298 g/mol. The Kier molecular flexibility index (Phi) is 8.02. The van der Waals surface area contributed by atoms with Gasteiger partial charge < -0.3 is 10.4 Å². The first-order valence-corrected chi connectivity index (χ1v) is 8.70. The van der Waals surface area contributed by atoms with Gasteiger partial charge in [-0.2, -0.15) is 0 Å². The minimum absolute atomic E-state index is 0.000386. The highest BCUT2D eigenvalue weighted by Gasteiger charge is 2.21. The Labute approximate surface area is 136 Å². The minimum atomic E-state index is -0.812. The number of para-hydroxylation sites is 1. The Bertz CT molecular complexity index is 500. The summed E-state index contributed by atoms with van der Waals surface area (Å²) in [5, 5.41) is 11.8. The molecule has 122 valence electrons. The standard InChI is InChI=1S/C17H25NO3S/c1-4-9-15(17(20)21)22-14-11-8-7-10-13(14)18-16(19)12(5-2)6-3/h7-8,10-12,15H,4-6,9H2,1-3H3,(H,18,19)(H,20,21)/t15-/m1/s1. The lowest BCUT2D eigenvalue weighted by atomic mass is 10.0. The van der Waals surface area contributed by atoms with Crippen LogP contribution >= 0.6 is 11.8 Å².